The summed E-state index contributed by atoms with van der Waals surface area (Å²) in [6.07, 6.45) is 9.27. The molecule has 380 valence electrons. The van der Waals surface area contributed by atoms with E-state index in [4.69, 9.17) is 56.8 Å². The smallest absolute Gasteiger partial charge is 0.188 e. The van der Waals surface area contributed by atoms with Crippen LogP contribution in [0.5, 0.6) is 34.5 Å². The van der Waals surface area contributed by atoms with Gasteiger partial charge in [0.25, 0.3) is 0 Å². The minimum absolute atomic E-state index is 0.126. The van der Waals surface area contributed by atoms with Crippen molar-refractivity contribution in [1.82, 2.24) is 0 Å². The van der Waals surface area contributed by atoms with Crippen molar-refractivity contribution in [2.24, 2.45) is 0 Å². The summed E-state index contributed by atoms with van der Waals surface area (Å²) in [5.41, 5.74) is 0.537. The number of hydrogen-bond donors (Lipinski definition) is 0. The summed E-state index contributed by atoms with van der Waals surface area (Å²) in [4.78, 5) is 26.1. The molecule has 14 nitrogen and oxygen atoms in total. The van der Waals surface area contributed by atoms with E-state index in [1.807, 2.05) is 24.3 Å². The molecule has 14 heteroatoms. The summed E-state index contributed by atoms with van der Waals surface area (Å²) < 4.78 is 74.0. The highest BCUT2D eigenvalue weighted by Gasteiger charge is 2.26. The topological polar surface area (TPSA) is 145 Å². The van der Waals surface area contributed by atoms with E-state index in [9.17, 15) is 9.59 Å². The van der Waals surface area contributed by atoms with Gasteiger partial charge in [0.2, 0.25) is 0 Å². The maximum Gasteiger partial charge on any atom is 0.188 e. The largest absolute Gasteiger partial charge is 0.491 e. The Morgan fingerprint density at radius 2 is 0.729 bits per heavy atom. The standard InChI is InChI=1S/C56H72O14/c1-7-11-19-61-23-27-65-46-33-44-51(48(67-29-25-63-21-13-9-3)31-40(35-57)55(44)69-37-59-5)53-42(46)17-15-39-16-18-43-47(66-28-24-62-20-12-8-2)34-45-52(54(43)50(39)53)49(68-30-26-64-22-14-10-4)32-41(36-58)56(45)70-38-60-6/h15-18,31-36H,7-14,19-30,37-38H2,1-6H3. The number of hydrogen-bond acceptors (Lipinski definition) is 14. The Kier molecular flexibility index (Phi) is 22.3. The quantitative estimate of drug-likeness (QED) is 0.0159. The van der Waals surface area contributed by atoms with Crippen molar-refractivity contribution < 1.29 is 66.4 Å². The van der Waals surface area contributed by atoms with Gasteiger partial charge in [0.15, 0.2) is 26.2 Å². The maximum atomic E-state index is 13.0. The first-order valence-electron chi connectivity index (χ1n) is 24.9. The van der Waals surface area contributed by atoms with Crippen molar-refractivity contribution in [1.29, 1.82) is 0 Å². The van der Waals surface area contributed by atoms with Gasteiger partial charge in [-0.3, -0.25) is 9.59 Å². The minimum Gasteiger partial charge on any atom is -0.491 e. The molecule has 0 spiro atoms. The molecule has 0 unspecified atom stereocenters. The second-order valence-electron chi connectivity index (χ2n) is 16.8. The van der Waals surface area contributed by atoms with E-state index in [0.29, 0.717) is 109 Å². The third-order valence-corrected chi connectivity index (χ3v) is 11.8. The molecular formula is C56H72O14. The van der Waals surface area contributed by atoms with Crippen molar-refractivity contribution in [3.63, 3.8) is 0 Å². The van der Waals surface area contributed by atoms with E-state index in [1.165, 1.54) is 14.2 Å². The number of carbonyl (C=O) groups is 2. The Morgan fingerprint density at radius 1 is 0.371 bits per heavy atom. The van der Waals surface area contributed by atoms with Crippen LogP contribution >= 0.6 is 0 Å². The average Bonchev–Trinajstić information content (AvgIpc) is 3.38. The number of ether oxygens (including phenoxy) is 12. The molecule has 0 radical (unpaired) electrons. The lowest BCUT2D eigenvalue weighted by molar-refractivity contribution is 0.0513. The van der Waals surface area contributed by atoms with Gasteiger partial charge in [0.1, 0.15) is 60.9 Å². The molecule has 0 heterocycles. The van der Waals surface area contributed by atoms with Crippen molar-refractivity contribution in [3.05, 3.63) is 59.7 Å². The van der Waals surface area contributed by atoms with Crippen LogP contribution in [0.15, 0.2) is 48.5 Å². The predicted octanol–water partition coefficient (Wildman–Crippen LogP) is 11.8. The van der Waals surface area contributed by atoms with Crippen molar-refractivity contribution in [2.75, 3.05) is 107 Å². The summed E-state index contributed by atoms with van der Waals surface area (Å²) in [7, 11) is 3.06. The van der Waals surface area contributed by atoms with Gasteiger partial charge in [-0.15, -0.1) is 0 Å². The molecule has 0 saturated heterocycles. The van der Waals surface area contributed by atoms with E-state index >= 15 is 0 Å². The summed E-state index contributed by atoms with van der Waals surface area (Å²) in [5, 5.41) is 7.14. The van der Waals surface area contributed by atoms with Gasteiger partial charge in [-0.25, -0.2) is 0 Å². The lowest BCUT2D eigenvalue weighted by Gasteiger charge is -2.23. The Hall–Kier alpha value is -5.48. The molecule has 0 atom stereocenters. The minimum atomic E-state index is -0.126. The van der Waals surface area contributed by atoms with Crippen LogP contribution in [0.25, 0.3) is 53.9 Å². The number of aldehydes is 2. The van der Waals surface area contributed by atoms with E-state index in [0.717, 1.165) is 96.3 Å². The van der Waals surface area contributed by atoms with Crippen LogP contribution in [0.3, 0.4) is 0 Å². The number of carbonyl (C=O) groups excluding carboxylic acids is 2. The van der Waals surface area contributed by atoms with Crippen LogP contribution in [0, 0.1) is 0 Å². The molecule has 0 fully saturated rings. The van der Waals surface area contributed by atoms with Gasteiger partial charge in [-0.05, 0) is 72.9 Å². The molecule has 0 aliphatic carbocycles. The first-order valence-corrected chi connectivity index (χ1v) is 24.9. The second kappa shape index (κ2) is 29.0. The Morgan fingerprint density at radius 3 is 1.06 bits per heavy atom. The van der Waals surface area contributed by atoms with E-state index < -0.39 is 0 Å². The monoisotopic (exact) mass is 968 g/mol. The van der Waals surface area contributed by atoms with Crippen molar-refractivity contribution in [2.45, 2.75) is 79.1 Å². The molecule has 0 N–H and O–H groups in total. The summed E-state index contributed by atoms with van der Waals surface area (Å²) in [6, 6.07) is 15.4. The van der Waals surface area contributed by atoms with Gasteiger partial charge in [0, 0.05) is 83.7 Å². The first kappa shape index (κ1) is 53.9. The lowest BCUT2D eigenvalue weighted by Crippen LogP contribution is -2.10. The highest BCUT2D eigenvalue weighted by molar-refractivity contribution is 6.36. The average molecular weight is 969 g/mol. The van der Waals surface area contributed by atoms with Gasteiger partial charge < -0.3 is 56.8 Å². The fraction of sp³-hybridized carbons (Fsp3) is 0.500. The fourth-order valence-corrected chi connectivity index (χ4v) is 8.35. The zero-order valence-electron chi connectivity index (χ0n) is 42.0. The number of rotatable bonds is 36. The predicted molar refractivity (Wildman–Crippen MR) is 275 cm³/mol. The van der Waals surface area contributed by atoms with Crippen LogP contribution < -0.4 is 28.4 Å². The molecule has 0 aromatic heterocycles. The van der Waals surface area contributed by atoms with Crippen molar-refractivity contribution >= 4 is 66.4 Å². The number of methoxy groups -OCH3 is 2. The molecule has 6 rings (SSSR count). The molecule has 0 saturated carbocycles. The van der Waals surface area contributed by atoms with E-state index in [1.54, 1.807) is 12.1 Å². The molecule has 0 amide bonds. The fourth-order valence-electron chi connectivity index (χ4n) is 8.35. The van der Waals surface area contributed by atoms with Crippen LogP contribution in [-0.4, -0.2) is 120 Å². The molecule has 0 aliphatic heterocycles. The van der Waals surface area contributed by atoms with Crippen LogP contribution in [0.4, 0.5) is 0 Å². The van der Waals surface area contributed by atoms with Crippen molar-refractivity contribution in [3.8, 4) is 34.5 Å². The Balaban J connectivity index is 1.78. The summed E-state index contributed by atoms with van der Waals surface area (Å²) in [6.45, 7) is 13.0. The van der Waals surface area contributed by atoms with Gasteiger partial charge >= 0.3 is 0 Å². The normalized spacial score (nSPS) is 11.6. The van der Waals surface area contributed by atoms with E-state index in [-0.39, 0.29) is 51.1 Å². The summed E-state index contributed by atoms with van der Waals surface area (Å²) in [5.74, 6) is 2.56. The Bertz CT molecular complexity index is 2440. The van der Waals surface area contributed by atoms with Gasteiger partial charge in [0.05, 0.1) is 37.6 Å². The lowest BCUT2D eigenvalue weighted by atomic mass is 9.88. The molecular weight excluding hydrogens is 897 g/mol. The highest BCUT2D eigenvalue weighted by Crippen LogP contribution is 2.52. The third-order valence-electron chi connectivity index (χ3n) is 11.8. The SMILES string of the molecule is CCCCOCCOc1cc2c(OCOC)c(C=O)cc(OCCOCCCC)c2c2c1ccc1ccc3c(OCCOCCCC)cc4c(OCOC)c(C=O)cc(OCCOCCCC)c4c3c12. The van der Waals surface area contributed by atoms with Gasteiger partial charge in [-0.2, -0.15) is 0 Å². The zero-order chi connectivity index (χ0) is 49.5. The van der Waals surface area contributed by atoms with E-state index in [2.05, 4.69) is 39.8 Å². The second-order valence-corrected chi connectivity index (χ2v) is 16.8. The molecule has 0 bridgehead atoms. The van der Waals surface area contributed by atoms with Crippen LogP contribution in [-0.2, 0) is 28.4 Å². The number of unbranched alkanes of at least 4 members (excludes halogenated alkanes) is 4. The molecule has 6 aromatic rings. The zero-order valence-corrected chi connectivity index (χ0v) is 42.0. The molecule has 0 aliphatic rings. The molecule has 70 heavy (non-hydrogen) atoms. The third kappa shape index (κ3) is 13.5. The summed E-state index contributed by atoms with van der Waals surface area (Å²) >= 11 is 0. The maximum absolute atomic E-state index is 13.0. The van der Waals surface area contributed by atoms with Crippen LogP contribution in [0.1, 0.15) is 99.8 Å². The number of benzene rings is 6. The first-order chi connectivity index (χ1) is 34.5. The van der Waals surface area contributed by atoms with Crippen LogP contribution in [0.2, 0.25) is 0 Å². The number of fused-ring (bicyclic) bond motifs is 9. The van der Waals surface area contributed by atoms with Gasteiger partial charge in [-0.1, -0.05) is 65.5 Å². The molecule has 6 aromatic carbocycles. The Labute approximate surface area is 411 Å². The highest BCUT2D eigenvalue weighted by atomic mass is 16.7.